The van der Waals surface area contributed by atoms with Gasteiger partial charge in [-0.05, 0) is 12.1 Å². The lowest BCUT2D eigenvalue weighted by molar-refractivity contribution is 0.388. The van der Waals surface area contributed by atoms with Crippen molar-refractivity contribution in [2.75, 3.05) is 11.1 Å². The molecule has 0 spiro atoms. The summed E-state index contributed by atoms with van der Waals surface area (Å²) in [7, 11) is 0. The predicted octanol–water partition coefficient (Wildman–Crippen LogP) is 0.967. The largest absolute Gasteiger partial charge is 0.397 e. The fourth-order valence-corrected chi connectivity index (χ4v) is 1.09. The quantitative estimate of drug-likeness (QED) is 0.775. The van der Waals surface area contributed by atoms with Crippen LogP contribution in [0.3, 0.4) is 0 Å². The van der Waals surface area contributed by atoms with Gasteiger partial charge in [0, 0.05) is 6.92 Å². The highest BCUT2D eigenvalue weighted by Gasteiger charge is 2.01. The van der Waals surface area contributed by atoms with E-state index in [-0.39, 0.29) is 0 Å². The zero-order valence-corrected chi connectivity index (χ0v) is 8.27. The van der Waals surface area contributed by atoms with Gasteiger partial charge in [-0.2, -0.15) is 4.98 Å². The van der Waals surface area contributed by atoms with Gasteiger partial charge in [0.2, 0.25) is 5.89 Å². The van der Waals surface area contributed by atoms with Gasteiger partial charge in [-0.25, -0.2) is 4.98 Å². The third-order valence-electron chi connectivity index (χ3n) is 1.78. The molecule has 0 aliphatic heterocycles. The lowest BCUT2D eigenvalue weighted by atomic mass is 10.4. The number of aromatic nitrogens is 3. The fourth-order valence-electron chi connectivity index (χ4n) is 1.09. The molecule has 0 aliphatic rings. The molecule has 0 saturated carbocycles. The summed E-state index contributed by atoms with van der Waals surface area (Å²) in [6, 6.07) is 3.57. The number of nitrogen functional groups attached to an aromatic ring is 1. The molecule has 2 rings (SSSR count). The molecule has 15 heavy (non-hydrogen) atoms. The van der Waals surface area contributed by atoms with Crippen molar-refractivity contribution in [1.82, 2.24) is 15.1 Å². The van der Waals surface area contributed by atoms with Gasteiger partial charge in [0.1, 0.15) is 5.82 Å². The number of nitrogens with two attached hydrogens (primary N) is 1. The molecule has 3 N–H and O–H groups in total. The Morgan fingerprint density at radius 3 is 2.93 bits per heavy atom. The molecule has 0 fully saturated rings. The molecular weight excluding hydrogens is 194 g/mol. The molecule has 0 atom stereocenters. The summed E-state index contributed by atoms with van der Waals surface area (Å²) < 4.78 is 4.83. The average molecular weight is 205 g/mol. The first-order chi connectivity index (χ1) is 7.24. The van der Waals surface area contributed by atoms with Crippen LogP contribution in [0.2, 0.25) is 0 Å². The molecule has 78 valence electrons. The maximum Gasteiger partial charge on any atom is 0.223 e. The topological polar surface area (TPSA) is 89.9 Å². The number of hydrogen-bond donors (Lipinski definition) is 2. The van der Waals surface area contributed by atoms with Gasteiger partial charge in [0.15, 0.2) is 5.82 Å². The number of aryl methyl sites for hydroxylation is 1. The van der Waals surface area contributed by atoms with Crippen molar-refractivity contribution in [3.05, 3.63) is 30.0 Å². The Morgan fingerprint density at radius 2 is 2.33 bits per heavy atom. The Hall–Kier alpha value is -2.11. The molecule has 0 amide bonds. The van der Waals surface area contributed by atoms with E-state index < -0.39 is 0 Å². The SMILES string of the molecule is Cc1nc(CNc2ccc(N)cn2)no1. The summed E-state index contributed by atoms with van der Waals surface area (Å²) in [5.74, 6) is 1.88. The second-order valence-corrected chi connectivity index (χ2v) is 3.06. The molecule has 0 unspecified atom stereocenters. The Morgan fingerprint density at radius 1 is 1.47 bits per heavy atom. The van der Waals surface area contributed by atoms with E-state index in [1.54, 1.807) is 25.3 Å². The summed E-state index contributed by atoms with van der Waals surface area (Å²) >= 11 is 0. The van der Waals surface area contributed by atoms with Crippen LogP contribution >= 0.6 is 0 Å². The van der Waals surface area contributed by atoms with E-state index in [4.69, 9.17) is 10.3 Å². The van der Waals surface area contributed by atoms with Crippen molar-refractivity contribution >= 4 is 11.5 Å². The monoisotopic (exact) mass is 205 g/mol. The highest BCUT2D eigenvalue weighted by molar-refractivity contribution is 5.43. The van der Waals surface area contributed by atoms with Crippen LogP contribution in [0, 0.1) is 6.92 Å². The van der Waals surface area contributed by atoms with E-state index in [0.29, 0.717) is 23.9 Å². The maximum absolute atomic E-state index is 5.51. The third kappa shape index (κ3) is 2.43. The Kier molecular flexibility index (Phi) is 2.49. The Bertz CT molecular complexity index is 436. The molecule has 6 heteroatoms. The van der Waals surface area contributed by atoms with Crippen LogP contribution < -0.4 is 11.1 Å². The molecule has 0 aromatic carbocycles. The fraction of sp³-hybridized carbons (Fsp3) is 0.222. The number of rotatable bonds is 3. The number of nitrogens with zero attached hydrogens (tertiary/aromatic N) is 3. The van der Waals surface area contributed by atoms with Gasteiger partial charge in [-0.15, -0.1) is 0 Å². The lowest BCUT2D eigenvalue weighted by Crippen LogP contribution is -2.03. The third-order valence-corrected chi connectivity index (χ3v) is 1.78. The second kappa shape index (κ2) is 3.95. The van der Waals surface area contributed by atoms with Gasteiger partial charge in [-0.3, -0.25) is 0 Å². The van der Waals surface area contributed by atoms with Crippen molar-refractivity contribution in [3.63, 3.8) is 0 Å². The van der Waals surface area contributed by atoms with Gasteiger partial charge in [-0.1, -0.05) is 5.16 Å². The van der Waals surface area contributed by atoms with Crippen molar-refractivity contribution in [2.45, 2.75) is 13.5 Å². The van der Waals surface area contributed by atoms with E-state index in [9.17, 15) is 0 Å². The van der Waals surface area contributed by atoms with Crippen molar-refractivity contribution in [1.29, 1.82) is 0 Å². The molecule has 6 nitrogen and oxygen atoms in total. The highest BCUT2D eigenvalue weighted by Crippen LogP contribution is 2.06. The molecule has 0 saturated heterocycles. The van der Waals surface area contributed by atoms with Crippen LogP contribution in [0.5, 0.6) is 0 Å². The number of anilines is 2. The first-order valence-electron chi connectivity index (χ1n) is 4.48. The minimum atomic E-state index is 0.480. The summed E-state index contributed by atoms with van der Waals surface area (Å²) in [5, 5.41) is 6.80. The first kappa shape index (κ1) is 9.45. The molecule has 2 aromatic rings. The van der Waals surface area contributed by atoms with Gasteiger partial charge in [0.25, 0.3) is 0 Å². The summed E-state index contributed by atoms with van der Waals surface area (Å²) in [4.78, 5) is 8.13. The second-order valence-electron chi connectivity index (χ2n) is 3.06. The van der Waals surface area contributed by atoms with Gasteiger partial charge >= 0.3 is 0 Å². The smallest absolute Gasteiger partial charge is 0.223 e. The number of hydrogen-bond acceptors (Lipinski definition) is 6. The van der Waals surface area contributed by atoms with Crippen molar-refractivity contribution in [2.24, 2.45) is 0 Å². The highest BCUT2D eigenvalue weighted by atomic mass is 16.5. The zero-order valence-electron chi connectivity index (χ0n) is 8.27. The first-order valence-corrected chi connectivity index (χ1v) is 4.48. The summed E-state index contributed by atoms with van der Waals surface area (Å²) in [6.45, 7) is 2.23. The van der Waals surface area contributed by atoms with E-state index in [1.807, 2.05) is 0 Å². The average Bonchev–Trinajstić information content (AvgIpc) is 2.64. The van der Waals surface area contributed by atoms with Crippen LogP contribution in [0.25, 0.3) is 0 Å². The minimum Gasteiger partial charge on any atom is -0.397 e. The molecular formula is C9H11N5O. The van der Waals surface area contributed by atoms with Crippen LogP contribution in [0.15, 0.2) is 22.9 Å². The Balaban J connectivity index is 1.96. The van der Waals surface area contributed by atoms with Crippen molar-refractivity contribution in [3.8, 4) is 0 Å². The van der Waals surface area contributed by atoms with Crippen molar-refractivity contribution < 1.29 is 4.52 Å². The maximum atomic E-state index is 5.51. The van der Waals surface area contributed by atoms with Crippen LogP contribution in [0.1, 0.15) is 11.7 Å². The van der Waals surface area contributed by atoms with E-state index >= 15 is 0 Å². The number of pyridine rings is 1. The standard InChI is InChI=1S/C9H11N5O/c1-6-13-9(14-15-6)5-12-8-3-2-7(10)4-11-8/h2-4H,5,10H2,1H3,(H,11,12). The molecule has 0 bridgehead atoms. The summed E-state index contributed by atoms with van der Waals surface area (Å²) in [5.41, 5.74) is 6.14. The van der Waals surface area contributed by atoms with E-state index in [1.165, 1.54) is 0 Å². The predicted molar refractivity (Wildman–Crippen MR) is 55.0 cm³/mol. The van der Waals surface area contributed by atoms with Crippen LogP contribution in [0.4, 0.5) is 11.5 Å². The molecule has 0 radical (unpaired) electrons. The van der Waals surface area contributed by atoms with Gasteiger partial charge in [0.05, 0.1) is 18.4 Å². The van der Waals surface area contributed by atoms with Gasteiger partial charge < -0.3 is 15.6 Å². The Labute approximate surface area is 86.5 Å². The molecule has 2 heterocycles. The number of nitrogens with one attached hydrogen (secondary N) is 1. The summed E-state index contributed by atoms with van der Waals surface area (Å²) in [6.07, 6.45) is 1.59. The van der Waals surface area contributed by atoms with Crippen LogP contribution in [-0.4, -0.2) is 15.1 Å². The lowest BCUT2D eigenvalue weighted by Gasteiger charge is -2.01. The van der Waals surface area contributed by atoms with E-state index in [2.05, 4.69) is 20.4 Å². The minimum absolute atomic E-state index is 0.480. The van der Waals surface area contributed by atoms with E-state index in [0.717, 1.165) is 5.82 Å². The molecule has 0 aliphatic carbocycles. The van der Waals surface area contributed by atoms with Crippen LogP contribution in [-0.2, 0) is 6.54 Å². The molecule has 2 aromatic heterocycles. The normalized spacial score (nSPS) is 10.2. The zero-order chi connectivity index (χ0) is 10.7.